The smallest absolute Gasteiger partial charge is 0.191 e. The van der Waals surface area contributed by atoms with Gasteiger partial charge in [0.05, 0.1) is 17.4 Å². The normalized spacial score (nSPS) is 10.0. The SMILES string of the molecule is CCNC(=NCCCn1cnc2ccccc21)NCC.I. The molecule has 1 aromatic heterocycles. The second-order valence-electron chi connectivity index (χ2n) is 4.57. The molecule has 2 aromatic rings. The van der Waals surface area contributed by atoms with E-state index in [1.54, 1.807) is 0 Å². The van der Waals surface area contributed by atoms with Crippen molar-refractivity contribution in [2.75, 3.05) is 19.6 Å². The predicted octanol–water partition coefficient (Wildman–Crippen LogP) is 2.62. The molecule has 6 heteroatoms. The van der Waals surface area contributed by atoms with Crippen molar-refractivity contribution < 1.29 is 0 Å². The number of aryl methyl sites for hydroxylation is 1. The molecule has 0 aliphatic rings. The number of fused-ring (bicyclic) bond motifs is 1. The Morgan fingerprint density at radius 1 is 1.19 bits per heavy atom. The van der Waals surface area contributed by atoms with Gasteiger partial charge in [-0.2, -0.15) is 0 Å². The molecular weight excluding hydrogens is 377 g/mol. The lowest BCUT2D eigenvalue weighted by Crippen LogP contribution is -2.37. The van der Waals surface area contributed by atoms with Gasteiger partial charge in [0.15, 0.2) is 5.96 Å². The highest BCUT2D eigenvalue weighted by Gasteiger charge is 2.00. The zero-order chi connectivity index (χ0) is 14.2. The van der Waals surface area contributed by atoms with E-state index in [9.17, 15) is 0 Å². The molecule has 2 N–H and O–H groups in total. The summed E-state index contributed by atoms with van der Waals surface area (Å²) in [6.45, 7) is 7.67. The first-order chi connectivity index (χ1) is 9.85. The summed E-state index contributed by atoms with van der Waals surface area (Å²) >= 11 is 0. The lowest BCUT2D eigenvalue weighted by molar-refractivity contribution is 0.662. The number of rotatable bonds is 6. The molecule has 0 saturated heterocycles. The molecule has 5 nitrogen and oxygen atoms in total. The van der Waals surface area contributed by atoms with Crippen LogP contribution >= 0.6 is 24.0 Å². The molecule has 0 fully saturated rings. The fraction of sp³-hybridized carbons (Fsp3) is 0.467. The topological polar surface area (TPSA) is 54.2 Å². The highest BCUT2D eigenvalue weighted by Crippen LogP contribution is 2.11. The summed E-state index contributed by atoms with van der Waals surface area (Å²) in [5, 5.41) is 6.45. The van der Waals surface area contributed by atoms with Crippen LogP contribution in [0.1, 0.15) is 20.3 Å². The third-order valence-electron chi connectivity index (χ3n) is 3.04. The summed E-state index contributed by atoms with van der Waals surface area (Å²) in [5.74, 6) is 0.894. The molecule has 1 aromatic carbocycles. The minimum absolute atomic E-state index is 0. The number of para-hydroxylation sites is 2. The maximum Gasteiger partial charge on any atom is 0.191 e. The minimum Gasteiger partial charge on any atom is -0.357 e. The van der Waals surface area contributed by atoms with E-state index in [0.29, 0.717) is 0 Å². The molecule has 0 aliphatic heterocycles. The average Bonchev–Trinajstić information content (AvgIpc) is 2.87. The molecule has 1 heterocycles. The zero-order valence-electron chi connectivity index (χ0n) is 12.7. The summed E-state index contributed by atoms with van der Waals surface area (Å²) in [6.07, 6.45) is 2.91. The second kappa shape index (κ2) is 9.59. The fourth-order valence-corrected chi connectivity index (χ4v) is 2.13. The lowest BCUT2D eigenvalue weighted by atomic mass is 10.3. The van der Waals surface area contributed by atoms with Gasteiger partial charge in [0.2, 0.25) is 0 Å². The van der Waals surface area contributed by atoms with Crippen LogP contribution in [0.2, 0.25) is 0 Å². The first-order valence-corrected chi connectivity index (χ1v) is 7.27. The van der Waals surface area contributed by atoms with Gasteiger partial charge in [-0.25, -0.2) is 4.98 Å². The van der Waals surface area contributed by atoms with Crippen molar-refractivity contribution >= 4 is 41.0 Å². The van der Waals surface area contributed by atoms with Gasteiger partial charge in [-0.3, -0.25) is 4.99 Å². The van der Waals surface area contributed by atoms with E-state index in [1.807, 2.05) is 24.5 Å². The highest BCUT2D eigenvalue weighted by atomic mass is 127. The van der Waals surface area contributed by atoms with E-state index in [1.165, 1.54) is 5.52 Å². The summed E-state index contributed by atoms with van der Waals surface area (Å²) in [4.78, 5) is 8.94. The maximum absolute atomic E-state index is 4.54. The third kappa shape index (κ3) is 5.18. The van der Waals surface area contributed by atoms with E-state index in [2.05, 4.69) is 45.1 Å². The lowest BCUT2D eigenvalue weighted by Gasteiger charge is -2.09. The van der Waals surface area contributed by atoms with Crippen LogP contribution in [0.15, 0.2) is 35.6 Å². The molecule has 2 rings (SSSR count). The summed E-state index contributed by atoms with van der Waals surface area (Å²) in [6, 6.07) is 8.21. The van der Waals surface area contributed by atoms with Gasteiger partial charge < -0.3 is 15.2 Å². The number of nitrogens with one attached hydrogen (secondary N) is 2. The van der Waals surface area contributed by atoms with Gasteiger partial charge in [0.1, 0.15) is 0 Å². The van der Waals surface area contributed by atoms with Gasteiger partial charge in [0, 0.05) is 26.2 Å². The van der Waals surface area contributed by atoms with Crippen LogP contribution in [0.5, 0.6) is 0 Å². The third-order valence-corrected chi connectivity index (χ3v) is 3.04. The van der Waals surface area contributed by atoms with E-state index >= 15 is 0 Å². The standard InChI is InChI=1S/C15H23N5.HI/c1-3-16-15(17-4-2)18-10-7-11-20-12-19-13-8-5-6-9-14(13)20;/h5-6,8-9,12H,3-4,7,10-11H2,1-2H3,(H2,16,17,18);1H. The van der Waals surface area contributed by atoms with Crippen LogP contribution in [0.25, 0.3) is 11.0 Å². The fourth-order valence-electron chi connectivity index (χ4n) is 2.13. The molecule has 0 atom stereocenters. The Labute approximate surface area is 143 Å². The molecule has 0 amide bonds. The Bertz CT molecular complexity index is 556. The number of nitrogens with zero attached hydrogens (tertiary/aromatic N) is 3. The minimum atomic E-state index is 0. The maximum atomic E-state index is 4.54. The molecular formula is C15H24IN5. The van der Waals surface area contributed by atoms with E-state index in [0.717, 1.165) is 44.1 Å². The van der Waals surface area contributed by atoms with Crippen molar-refractivity contribution in [2.24, 2.45) is 4.99 Å². The monoisotopic (exact) mass is 401 g/mol. The van der Waals surface area contributed by atoms with Crippen molar-refractivity contribution in [3.05, 3.63) is 30.6 Å². The van der Waals surface area contributed by atoms with Crippen molar-refractivity contribution in [3.8, 4) is 0 Å². The van der Waals surface area contributed by atoms with E-state index in [-0.39, 0.29) is 24.0 Å². The number of benzene rings is 1. The Morgan fingerprint density at radius 3 is 2.62 bits per heavy atom. The Kier molecular flexibility index (Phi) is 8.11. The van der Waals surface area contributed by atoms with Crippen molar-refractivity contribution in [2.45, 2.75) is 26.8 Å². The van der Waals surface area contributed by atoms with E-state index in [4.69, 9.17) is 0 Å². The molecule has 0 unspecified atom stereocenters. The molecule has 116 valence electrons. The Morgan fingerprint density at radius 2 is 1.90 bits per heavy atom. The first kappa shape index (κ1) is 17.7. The summed E-state index contributed by atoms with van der Waals surface area (Å²) in [7, 11) is 0. The van der Waals surface area contributed by atoms with Crippen LogP contribution in [-0.4, -0.2) is 35.1 Å². The molecule has 0 bridgehead atoms. The Hall–Kier alpha value is -1.31. The number of hydrogen-bond donors (Lipinski definition) is 2. The molecule has 0 aliphatic carbocycles. The van der Waals surface area contributed by atoms with Crippen LogP contribution in [0, 0.1) is 0 Å². The Balaban J connectivity index is 0.00000220. The molecule has 0 radical (unpaired) electrons. The first-order valence-electron chi connectivity index (χ1n) is 7.27. The van der Waals surface area contributed by atoms with Gasteiger partial charge in [-0.05, 0) is 32.4 Å². The van der Waals surface area contributed by atoms with E-state index < -0.39 is 0 Å². The summed E-state index contributed by atoms with van der Waals surface area (Å²) in [5.41, 5.74) is 2.24. The highest BCUT2D eigenvalue weighted by molar-refractivity contribution is 14.0. The molecule has 21 heavy (non-hydrogen) atoms. The number of guanidine groups is 1. The van der Waals surface area contributed by atoms with Crippen LogP contribution in [0.3, 0.4) is 0 Å². The van der Waals surface area contributed by atoms with Crippen LogP contribution < -0.4 is 10.6 Å². The quantitative estimate of drug-likeness (QED) is 0.339. The van der Waals surface area contributed by atoms with Crippen LogP contribution in [0.4, 0.5) is 0 Å². The number of halogens is 1. The van der Waals surface area contributed by atoms with Gasteiger partial charge in [-0.15, -0.1) is 24.0 Å². The van der Waals surface area contributed by atoms with Crippen LogP contribution in [-0.2, 0) is 6.54 Å². The van der Waals surface area contributed by atoms with Crippen molar-refractivity contribution in [1.82, 2.24) is 20.2 Å². The molecule has 0 spiro atoms. The average molecular weight is 401 g/mol. The number of imidazole rings is 1. The number of aliphatic imine (C=N–C) groups is 1. The number of hydrogen-bond acceptors (Lipinski definition) is 2. The summed E-state index contributed by atoms with van der Waals surface area (Å²) < 4.78 is 2.19. The number of aromatic nitrogens is 2. The largest absolute Gasteiger partial charge is 0.357 e. The second-order valence-corrected chi connectivity index (χ2v) is 4.57. The molecule has 0 saturated carbocycles. The zero-order valence-corrected chi connectivity index (χ0v) is 15.0. The predicted molar refractivity (Wildman–Crippen MR) is 99.4 cm³/mol. The van der Waals surface area contributed by atoms with Crippen molar-refractivity contribution in [3.63, 3.8) is 0 Å². The van der Waals surface area contributed by atoms with Gasteiger partial charge in [0.25, 0.3) is 0 Å². The van der Waals surface area contributed by atoms with Gasteiger partial charge >= 0.3 is 0 Å². The van der Waals surface area contributed by atoms with Crippen molar-refractivity contribution in [1.29, 1.82) is 0 Å². The van der Waals surface area contributed by atoms with Gasteiger partial charge in [-0.1, -0.05) is 12.1 Å².